The fourth-order valence-electron chi connectivity index (χ4n) is 3.55. The van der Waals surface area contributed by atoms with E-state index in [2.05, 4.69) is 0 Å². The Morgan fingerprint density at radius 3 is 2.57 bits per heavy atom. The average molecular weight is 325 g/mol. The molecule has 23 heavy (non-hydrogen) atoms. The molecule has 1 aliphatic carbocycles. The molecule has 7 heteroatoms. The molecule has 0 radical (unpaired) electrons. The van der Waals surface area contributed by atoms with E-state index in [0.717, 1.165) is 10.5 Å². The van der Waals surface area contributed by atoms with E-state index in [9.17, 15) is 23.5 Å². The first-order valence-electron chi connectivity index (χ1n) is 7.50. The van der Waals surface area contributed by atoms with Crippen molar-refractivity contribution in [2.75, 3.05) is 0 Å². The van der Waals surface area contributed by atoms with Crippen LogP contribution in [0.1, 0.15) is 24.8 Å². The highest BCUT2D eigenvalue weighted by atomic mass is 19.3. The van der Waals surface area contributed by atoms with Gasteiger partial charge in [0.1, 0.15) is 12.6 Å². The Morgan fingerprint density at radius 2 is 1.96 bits per heavy atom. The second-order valence-corrected chi connectivity index (χ2v) is 6.03. The largest absolute Gasteiger partial charge is 0.480 e. The zero-order valence-corrected chi connectivity index (χ0v) is 12.3. The first-order chi connectivity index (χ1) is 10.9. The summed E-state index contributed by atoms with van der Waals surface area (Å²) in [6.07, 6.45) is -0.852. The number of hydrogen-bond donors (Lipinski definition) is 1. The van der Waals surface area contributed by atoms with Crippen molar-refractivity contribution in [2.24, 2.45) is 5.92 Å². The maximum Gasteiger partial charge on any atom is 0.411 e. The van der Waals surface area contributed by atoms with E-state index in [1.165, 1.54) is 0 Å². The minimum Gasteiger partial charge on any atom is -0.480 e. The lowest BCUT2D eigenvalue weighted by molar-refractivity contribution is -0.191. The molecule has 2 saturated heterocycles. The third-order valence-corrected chi connectivity index (χ3v) is 4.60. The molecule has 0 spiro atoms. The minimum absolute atomic E-state index is 0.0176. The third kappa shape index (κ3) is 2.87. The Hall–Kier alpha value is -2.18. The summed E-state index contributed by atoms with van der Waals surface area (Å²) in [6.45, 7) is -0.0176. The van der Waals surface area contributed by atoms with E-state index in [4.69, 9.17) is 4.74 Å². The van der Waals surface area contributed by atoms with Gasteiger partial charge in [-0.1, -0.05) is 30.3 Å². The van der Waals surface area contributed by atoms with Gasteiger partial charge in [0.05, 0.1) is 5.92 Å². The van der Waals surface area contributed by atoms with E-state index in [0.29, 0.717) is 6.42 Å². The maximum atomic E-state index is 14.0. The molecule has 2 heterocycles. The lowest BCUT2D eigenvalue weighted by atomic mass is 9.72. The van der Waals surface area contributed by atoms with E-state index in [1.807, 2.05) is 6.07 Å². The smallest absolute Gasteiger partial charge is 0.411 e. The third-order valence-electron chi connectivity index (χ3n) is 4.60. The van der Waals surface area contributed by atoms with Crippen LogP contribution in [0, 0.1) is 5.92 Å². The molecule has 1 saturated carbocycles. The summed E-state index contributed by atoms with van der Waals surface area (Å²) in [7, 11) is 0. The summed E-state index contributed by atoms with van der Waals surface area (Å²) in [5.41, 5.74) is 0.750. The number of halogens is 2. The van der Waals surface area contributed by atoms with Crippen molar-refractivity contribution in [1.29, 1.82) is 0 Å². The van der Waals surface area contributed by atoms with E-state index in [1.54, 1.807) is 24.3 Å². The molecule has 3 atom stereocenters. The molecule has 1 aromatic carbocycles. The molecule has 4 rings (SSSR count). The van der Waals surface area contributed by atoms with Crippen molar-refractivity contribution in [3.05, 3.63) is 35.9 Å². The molecular formula is C16H17F2NO4. The van der Waals surface area contributed by atoms with E-state index < -0.39 is 42.4 Å². The van der Waals surface area contributed by atoms with Crippen LogP contribution in [0.15, 0.2) is 30.3 Å². The minimum atomic E-state index is -3.05. The number of carboxylic acids is 1. The van der Waals surface area contributed by atoms with Crippen LogP contribution in [0.2, 0.25) is 0 Å². The van der Waals surface area contributed by atoms with Gasteiger partial charge in [-0.25, -0.2) is 18.4 Å². The van der Waals surface area contributed by atoms with Crippen molar-refractivity contribution in [2.45, 2.75) is 43.9 Å². The molecular weight excluding hydrogens is 308 g/mol. The molecule has 1 aromatic rings. The number of hydrogen-bond acceptors (Lipinski definition) is 3. The van der Waals surface area contributed by atoms with Crippen molar-refractivity contribution >= 4 is 12.1 Å². The SMILES string of the molecule is O=C(O)[C@@H]1C2CCC(CC2(F)F)N1C(=O)OCc1ccccc1. The molecule has 3 fully saturated rings. The lowest BCUT2D eigenvalue weighted by Gasteiger charge is -2.51. The summed E-state index contributed by atoms with van der Waals surface area (Å²) >= 11 is 0. The summed E-state index contributed by atoms with van der Waals surface area (Å²) in [5.74, 6) is -5.81. The van der Waals surface area contributed by atoms with Crippen LogP contribution in [0.4, 0.5) is 13.6 Å². The van der Waals surface area contributed by atoms with Crippen LogP contribution in [0.25, 0.3) is 0 Å². The van der Waals surface area contributed by atoms with Crippen LogP contribution in [0.3, 0.4) is 0 Å². The van der Waals surface area contributed by atoms with Gasteiger partial charge in [0.25, 0.3) is 5.92 Å². The van der Waals surface area contributed by atoms with E-state index in [-0.39, 0.29) is 13.0 Å². The van der Waals surface area contributed by atoms with Crippen molar-refractivity contribution < 1.29 is 28.2 Å². The Bertz CT molecular complexity index is 607. The zero-order valence-electron chi connectivity index (χ0n) is 12.3. The summed E-state index contributed by atoms with van der Waals surface area (Å²) in [4.78, 5) is 24.7. The monoisotopic (exact) mass is 325 g/mol. The van der Waals surface area contributed by atoms with Gasteiger partial charge in [-0.2, -0.15) is 0 Å². The van der Waals surface area contributed by atoms with Crippen molar-refractivity contribution in [3.63, 3.8) is 0 Å². The highest BCUT2D eigenvalue weighted by Gasteiger charge is 2.61. The fourth-order valence-corrected chi connectivity index (χ4v) is 3.55. The number of rotatable bonds is 3. The lowest BCUT2D eigenvalue weighted by Crippen LogP contribution is -2.66. The molecule has 3 aliphatic rings. The number of piperidine rings is 2. The highest BCUT2D eigenvalue weighted by Crippen LogP contribution is 2.49. The van der Waals surface area contributed by atoms with Crippen LogP contribution in [-0.4, -0.2) is 40.1 Å². The topological polar surface area (TPSA) is 66.8 Å². The molecule has 2 aliphatic heterocycles. The second kappa shape index (κ2) is 5.79. The molecule has 5 nitrogen and oxygen atoms in total. The number of aliphatic carboxylic acids is 1. The molecule has 1 N–H and O–H groups in total. The number of carboxylic acid groups (broad SMARTS) is 1. The summed E-state index contributed by atoms with van der Waals surface area (Å²) in [6, 6.07) is 6.59. The van der Waals surface area contributed by atoms with Gasteiger partial charge in [-0.3, -0.25) is 4.90 Å². The van der Waals surface area contributed by atoms with Gasteiger partial charge in [0.2, 0.25) is 0 Å². The van der Waals surface area contributed by atoms with E-state index >= 15 is 0 Å². The number of nitrogens with zero attached hydrogens (tertiary/aromatic N) is 1. The Kier molecular flexibility index (Phi) is 3.95. The number of benzene rings is 1. The molecule has 2 bridgehead atoms. The predicted molar refractivity (Wildman–Crippen MR) is 76.0 cm³/mol. The number of alkyl halides is 2. The summed E-state index contributed by atoms with van der Waals surface area (Å²) in [5, 5.41) is 9.31. The van der Waals surface area contributed by atoms with Gasteiger partial charge in [-0.05, 0) is 18.4 Å². The first-order valence-corrected chi connectivity index (χ1v) is 7.50. The van der Waals surface area contributed by atoms with Crippen LogP contribution in [0.5, 0.6) is 0 Å². The maximum absolute atomic E-state index is 14.0. The Morgan fingerprint density at radius 1 is 1.26 bits per heavy atom. The standard InChI is InChI=1S/C16H17F2NO4/c17-16(18)8-11-6-7-12(16)13(14(20)21)19(11)15(22)23-9-10-4-2-1-3-5-10/h1-5,11-13H,6-9H2,(H,20,21)/t11?,12?,13-/m0/s1. The Balaban J connectivity index is 1.75. The number of carbonyl (C=O) groups is 2. The zero-order chi connectivity index (χ0) is 16.6. The van der Waals surface area contributed by atoms with Gasteiger partial charge in [0.15, 0.2) is 0 Å². The predicted octanol–water partition coefficient (Wildman–Crippen LogP) is 2.90. The van der Waals surface area contributed by atoms with Crippen LogP contribution < -0.4 is 0 Å². The number of fused-ring (bicyclic) bond motifs is 3. The normalized spacial score (nSPS) is 28.4. The molecule has 1 amide bonds. The van der Waals surface area contributed by atoms with Gasteiger partial charge < -0.3 is 9.84 Å². The summed E-state index contributed by atoms with van der Waals surface area (Å²) < 4.78 is 33.1. The van der Waals surface area contributed by atoms with Crippen LogP contribution >= 0.6 is 0 Å². The van der Waals surface area contributed by atoms with Gasteiger partial charge in [0, 0.05) is 12.5 Å². The molecule has 2 unspecified atom stereocenters. The van der Waals surface area contributed by atoms with Gasteiger partial charge in [-0.15, -0.1) is 0 Å². The fraction of sp³-hybridized carbons (Fsp3) is 0.500. The van der Waals surface area contributed by atoms with Crippen molar-refractivity contribution in [1.82, 2.24) is 4.90 Å². The Labute approximate surface area is 131 Å². The van der Waals surface area contributed by atoms with Crippen molar-refractivity contribution in [3.8, 4) is 0 Å². The quantitative estimate of drug-likeness (QED) is 0.928. The first kappa shape index (κ1) is 15.7. The van der Waals surface area contributed by atoms with Crippen LogP contribution in [-0.2, 0) is 16.1 Å². The number of amides is 1. The molecule has 124 valence electrons. The van der Waals surface area contributed by atoms with Gasteiger partial charge >= 0.3 is 12.1 Å². The number of ether oxygens (including phenoxy) is 1. The average Bonchev–Trinajstić information content (AvgIpc) is 2.52. The highest BCUT2D eigenvalue weighted by molar-refractivity contribution is 5.81. The second-order valence-electron chi connectivity index (χ2n) is 6.03. The number of carbonyl (C=O) groups excluding carboxylic acids is 1. The molecule has 0 aromatic heterocycles.